The van der Waals surface area contributed by atoms with Crippen LogP contribution >= 0.6 is 0 Å². The van der Waals surface area contributed by atoms with Crippen molar-refractivity contribution in [2.75, 3.05) is 25.5 Å². The van der Waals surface area contributed by atoms with Gasteiger partial charge in [0.2, 0.25) is 0 Å². The van der Waals surface area contributed by atoms with Gasteiger partial charge in [-0.25, -0.2) is 4.98 Å². The molecule has 0 amide bonds. The predicted molar refractivity (Wildman–Crippen MR) is 96.7 cm³/mol. The first-order valence-electron chi connectivity index (χ1n) is 8.57. The molecule has 1 aromatic carbocycles. The Labute approximate surface area is 140 Å². The molecule has 122 valence electrons. The number of hydrogen-bond acceptors (Lipinski definition) is 3. The molecule has 0 bridgehead atoms. The van der Waals surface area contributed by atoms with Crippen LogP contribution in [0.3, 0.4) is 0 Å². The molecule has 3 rings (SSSR count). The fourth-order valence-electron chi connectivity index (χ4n) is 3.50. The summed E-state index contributed by atoms with van der Waals surface area (Å²) in [6, 6.07) is 13.5. The standard InChI is InChI=1S/C20H27N3/c1-16-13-20(22(2)3)21-14-18(16)19-11-7-8-12-23(19)15-17-9-5-4-6-10-17/h4-6,9-10,13-14,19H,7-8,11-12,15H2,1-3H3/t19-/m1/s1. The van der Waals surface area contributed by atoms with Crippen molar-refractivity contribution in [1.82, 2.24) is 9.88 Å². The number of nitrogens with zero attached hydrogens (tertiary/aromatic N) is 3. The van der Waals surface area contributed by atoms with Gasteiger partial charge in [0.25, 0.3) is 0 Å². The van der Waals surface area contributed by atoms with E-state index in [-0.39, 0.29) is 0 Å². The van der Waals surface area contributed by atoms with Crippen LogP contribution in [0.5, 0.6) is 0 Å². The summed E-state index contributed by atoms with van der Waals surface area (Å²) in [5.41, 5.74) is 4.15. The van der Waals surface area contributed by atoms with Crippen LogP contribution < -0.4 is 4.90 Å². The van der Waals surface area contributed by atoms with Crippen molar-refractivity contribution < 1.29 is 0 Å². The first kappa shape index (κ1) is 16.0. The first-order chi connectivity index (χ1) is 11.1. The molecule has 1 aromatic heterocycles. The van der Waals surface area contributed by atoms with Crippen molar-refractivity contribution >= 4 is 5.82 Å². The Hall–Kier alpha value is -1.87. The molecule has 1 atom stereocenters. The Morgan fingerprint density at radius 1 is 1.17 bits per heavy atom. The lowest BCUT2D eigenvalue weighted by Crippen LogP contribution is -2.33. The minimum absolute atomic E-state index is 0.493. The Balaban J connectivity index is 1.84. The third kappa shape index (κ3) is 3.73. The molecule has 0 N–H and O–H groups in total. The lowest BCUT2D eigenvalue weighted by molar-refractivity contribution is 0.139. The van der Waals surface area contributed by atoms with Crippen LogP contribution in [0, 0.1) is 6.92 Å². The molecule has 0 radical (unpaired) electrons. The summed E-state index contributed by atoms with van der Waals surface area (Å²) < 4.78 is 0. The molecule has 3 nitrogen and oxygen atoms in total. The highest BCUT2D eigenvalue weighted by molar-refractivity contribution is 5.43. The van der Waals surface area contributed by atoms with Gasteiger partial charge < -0.3 is 4.90 Å². The highest BCUT2D eigenvalue weighted by atomic mass is 15.2. The number of anilines is 1. The second kappa shape index (κ2) is 7.14. The number of aromatic nitrogens is 1. The fourth-order valence-corrected chi connectivity index (χ4v) is 3.50. The monoisotopic (exact) mass is 309 g/mol. The topological polar surface area (TPSA) is 19.4 Å². The number of hydrogen-bond donors (Lipinski definition) is 0. The number of piperidine rings is 1. The first-order valence-corrected chi connectivity index (χ1v) is 8.57. The fraction of sp³-hybridized carbons (Fsp3) is 0.450. The molecule has 1 fully saturated rings. The van der Waals surface area contributed by atoms with Crippen molar-refractivity contribution in [1.29, 1.82) is 0 Å². The lowest BCUT2D eigenvalue weighted by atomic mass is 9.93. The zero-order valence-corrected chi connectivity index (χ0v) is 14.5. The van der Waals surface area contributed by atoms with Crippen LogP contribution in [0.4, 0.5) is 5.82 Å². The molecular weight excluding hydrogens is 282 g/mol. The summed E-state index contributed by atoms with van der Waals surface area (Å²) >= 11 is 0. The molecule has 3 heteroatoms. The molecule has 1 aliphatic rings. The maximum atomic E-state index is 4.65. The highest BCUT2D eigenvalue weighted by Gasteiger charge is 2.25. The Bertz CT molecular complexity index is 637. The highest BCUT2D eigenvalue weighted by Crippen LogP contribution is 2.34. The number of pyridine rings is 1. The van der Waals surface area contributed by atoms with E-state index in [2.05, 4.69) is 64.3 Å². The van der Waals surface area contributed by atoms with Gasteiger partial charge in [0, 0.05) is 32.9 Å². The van der Waals surface area contributed by atoms with Gasteiger partial charge in [-0.05, 0) is 49.1 Å². The van der Waals surface area contributed by atoms with Crippen molar-refractivity contribution in [3.63, 3.8) is 0 Å². The summed E-state index contributed by atoms with van der Waals surface area (Å²) in [7, 11) is 4.09. The maximum Gasteiger partial charge on any atom is 0.128 e. The van der Waals surface area contributed by atoms with E-state index in [1.807, 2.05) is 14.1 Å². The molecule has 0 unspecified atom stereocenters. The zero-order valence-electron chi connectivity index (χ0n) is 14.5. The van der Waals surface area contributed by atoms with Crippen molar-refractivity contribution in [2.24, 2.45) is 0 Å². The Morgan fingerprint density at radius 3 is 2.65 bits per heavy atom. The minimum atomic E-state index is 0.493. The largest absolute Gasteiger partial charge is 0.363 e. The SMILES string of the molecule is Cc1cc(N(C)C)ncc1[C@H]1CCCCN1Cc1ccccc1. The van der Waals surface area contributed by atoms with Gasteiger partial charge in [-0.3, -0.25) is 4.90 Å². The predicted octanol–water partition coefficient (Wildman–Crippen LogP) is 4.18. The molecule has 1 aliphatic heterocycles. The average Bonchev–Trinajstić information content (AvgIpc) is 2.56. The second-order valence-electron chi connectivity index (χ2n) is 6.76. The van der Waals surface area contributed by atoms with Gasteiger partial charge in [-0.2, -0.15) is 0 Å². The summed E-state index contributed by atoms with van der Waals surface area (Å²) in [6.07, 6.45) is 5.94. The molecule has 1 saturated heterocycles. The summed E-state index contributed by atoms with van der Waals surface area (Å²) in [5, 5.41) is 0. The molecule has 0 saturated carbocycles. The van der Waals surface area contributed by atoms with Crippen LogP contribution in [0.2, 0.25) is 0 Å². The summed E-state index contributed by atoms with van der Waals surface area (Å²) in [6.45, 7) is 4.42. The van der Waals surface area contributed by atoms with Crippen LogP contribution in [0.25, 0.3) is 0 Å². The Kier molecular flexibility index (Phi) is 4.97. The third-order valence-corrected chi connectivity index (χ3v) is 4.80. The smallest absolute Gasteiger partial charge is 0.128 e. The van der Waals surface area contributed by atoms with E-state index >= 15 is 0 Å². The minimum Gasteiger partial charge on any atom is -0.363 e. The van der Waals surface area contributed by atoms with Crippen LogP contribution in [0.15, 0.2) is 42.6 Å². The molecule has 0 aliphatic carbocycles. The van der Waals surface area contributed by atoms with E-state index in [0.717, 1.165) is 12.4 Å². The molecule has 2 heterocycles. The van der Waals surface area contributed by atoms with Gasteiger partial charge in [0.05, 0.1) is 0 Å². The number of likely N-dealkylation sites (tertiary alicyclic amines) is 1. The van der Waals surface area contributed by atoms with Crippen molar-refractivity contribution in [3.05, 3.63) is 59.3 Å². The number of aryl methyl sites for hydroxylation is 1. The van der Waals surface area contributed by atoms with Crippen LogP contribution in [-0.2, 0) is 6.54 Å². The normalized spacial score (nSPS) is 18.8. The second-order valence-corrected chi connectivity index (χ2v) is 6.76. The summed E-state index contributed by atoms with van der Waals surface area (Å²) in [4.78, 5) is 9.35. The summed E-state index contributed by atoms with van der Waals surface area (Å²) in [5.74, 6) is 1.04. The van der Waals surface area contributed by atoms with E-state index in [1.165, 1.54) is 42.5 Å². The van der Waals surface area contributed by atoms with Crippen molar-refractivity contribution in [3.8, 4) is 0 Å². The van der Waals surface area contributed by atoms with Gasteiger partial charge >= 0.3 is 0 Å². The quantitative estimate of drug-likeness (QED) is 0.844. The van der Waals surface area contributed by atoms with Gasteiger partial charge in [-0.15, -0.1) is 0 Å². The molecule has 2 aromatic rings. The Morgan fingerprint density at radius 2 is 1.96 bits per heavy atom. The van der Waals surface area contributed by atoms with E-state index in [0.29, 0.717) is 6.04 Å². The third-order valence-electron chi connectivity index (χ3n) is 4.80. The molecule has 23 heavy (non-hydrogen) atoms. The molecule has 0 spiro atoms. The van der Waals surface area contributed by atoms with E-state index in [4.69, 9.17) is 0 Å². The van der Waals surface area contributed by atoms with E-state index in [9.17, 15) is 0 Å². The van der Waals surface area contributed by atoms with E-state index in [1.54, 1.807) is 0 Å². The van der Waals surface area contributed by atoms with Gasteiger partial charge in [-0.1, -0.05) is 36.8 Å². The van der Waals surface area contributed by atoms with Crippen LogP contribution in [0.1, 0.15) is 42.0 Å². The lowest BCUT2D eigenvalue weighted by Gasteiger charge is -2.36. The van der Waals surface area contributed by atoms with E-state index < -0.39 is 0 Å². The number of rotatable bonds is 4. The maximum absolute atomic E-state index is 4.65. The number of benzene rings is 1. The molecular formula is C20H27N3. The van der Waals surface area contributed by atoms with Gasteiger partial charge in [0.1, 0.15) is 5.82 Å². The van der Waals surface area contributed by atoms with Crippen molar-refractivity contribution in [2.45, 2.75) is 38.8 Å². The average molecular weight is 309 g/mol. The zero-order chi connectivity index (χ0) is 16.2. The van der Waals surface area contributed by atoms with Crippen LogP contribution in [-0.4, -0.2) is 30.5 Å². The van der Waals surface area contributed by atoms with Gasteiger partial charge in [0.15, 0.2) is 0 Å².